The van der Waals surface area contributed by atoms with Gasteiger partial charge in [0, 0.05) is 18.2 Å². The van der Waals surface area contributed by atoms with Crippen LogP contribution in [0.15, 0.2) is 18.3 Å². The number of benzene rings is 1. The van der Waals surface area contributed by atoms with Gasteiger partial charge in [-0.25, -0.2) is 4.39 Å². The van der Waals surface area contributed by atoms with Gasteiger partial charge in [-0.05, 0) is 24.6 Å². The molecule has 0 aliphatic carbocycles. The molecule has 5 heteroatoms. The molecule has 2 rings (SSSR count). The van der Waals surface area contributed by atoms with Gasteiger partial charge in [-0.15, -0.1) is 0 Å². The fourth-order valence-electron chi connectivity index (χ4n) is 1.54. The maximum absolute atomic E-state index is 13.4. The first-order valence-electron chi connectivity index (χ1n) is 4.77. The molecule has 0 atom stereocenters. The number of hydrogen-bond acceptors (Lipinski definition) is 3. The van der Waals surface area contributed by atoms with E-state index in [1.165, 1.54) is 23.0 Å². The van der Waals surface area contributed by atoms with E-state index >= 15 is 0 Å². The molecule has 0 saturated heterocycles. The number of nitrogens with two attached hydrogens (primary N) is 1. The molecule has 0 aliphatic heterocycles. The van der Waals surface area contributed by atoms with Crippen LogP contribution in [0.3, 0.4) is 0 Å². The van der Waals surface area contributed by atoms with E-state index in [4.69, 9.17) is 5.73 Å². The number of phenolic OH excluding ortho intramolecular Hbond substituents is 1. The summed E-state index contributed by atoms with van der Waals surface area (Å²) in [5, 5.41) is 13.7. The minimum Gasteiger partial charge on any atom is -0.507 e. The van der Waals surface area contributed by atoms with E-state index in [2.05, 4.69) is 5.10 Å². The second-order valence-corrected chi connectivity index (χ2v) is 3.69. The Kier molecular flexibility index (Phi) is 2.30. The molecule has 3 N–H and O–H groups in total. The first kappa shape index (κ1) is 10.5. The molecule has 2 aromatic rings. The molecule has 0 saturated carbocycles. The highest BCUT2D eigenvalue weighted by Crippen LogP contribution is 2.34. The number of hydrogen-bond donors (Lipinski definition) is 2. The summed E-state index contributed by atoms with van der Waals surface area (Å²) in [7, 11) is 1.68. The van der Waals surface area contributed by atoms with Crippen molar-refractivity contribution >= 4 is 5.82 Å². The van der Waals surface area contributed by atoms with Crippen molar-refractivity contribution < 1.29 is 9.50 Å². The smallest absolute Gasteiger partial charge is 0.129 e. The zero-order valence-corrected chi connectivity index (χ0v) is 9.03. The predicted octanol–water partition coefficient (Wildman–Crippen LogP) is 1.82. The third-order valence-corrected chi connectivity index (χ3v) is 2.55. The number of phenols is 1. The van der Waals surface area contributed by atoms with Gasteiger partial charge in [0.25, 0.3) is 0 Å². The summed E-state index contributed by atoms with van der Waals surface area (Å²) in [5.41, 5.74) is 7.03. The van der Waals surface area contributed by atoms with Crippen LogP contribution in [0.2, 0.25) is 0 Å². The summed E-state index contributed by atoms with van der Waals surface area (Å²) in [4.78, 5) is 0. The molecule has 1 aromatic heterocycles. The van der Waals surface area contributed by atoms with Gasteiger partial charge in [0.2, 0.25) is 0 Å². The summed E-state index contributed by atoms with van der Waals surface area (Å²) >= 11 is 0. The van der Waals surface area contributed by atoms with E-state index in [9.17, 15) is 9.50 Å². The van der Waals surface area contributed by atoms with E-state index in [0.717, 1.165) is 0 Å². The Balaban J connectivity index is 2.65. The van der Waals surface area contributed by atoms with E-state index < -0.39 is 0 Å². The minimum absolute atomic E-state index is 0.00130. The van der Waals surface area contributed by atoms with Crippen LogP contribution in [0, 0.1) is 12.7 Å². The van der Waals surface area contributed by atoms with Gasteiger partial charge in [-0.1, -0.05) is 0 Å². The van der Waals surface area contributed by atoms with Crippen LogP contribution in [0.5, 0.6) is 5.75 Å². The minimum atomic E-state index is -0.379. The van der Waals surface area contributed by atoms with Gasteiger partial charge >= 0.3 is 0 Å². The van der Waals surface area contributed by atoms with Crippen LogP contribution in [0.4, 0.5) is 10.2 Å². The van der Waals surface area contributed by atoms with Crippen LogP contribution in [-0.4, -0.2) is 14.9 Å². The number of aromatic hydroxyl groups is 1. The highest BCUT2D eigenvalue weighted by Gasteiger charge is 2.13. The number of aryl methyl sites for hydroxylation is 2. The molecule has 0 aliphatic rings. The molecular weight excluding hydrogens is 209 g/mol. The van der Waals surface area contributed by atoms with Crippen molar-refractivity contribution in [2.24, 2.45) is 7.05 Å². The van der Waals surface area contributed by atoms with E-state index in [1.807, 2.05) is 0 Å². The fourth-order valence-corrected chi connectivity index (χ4v) is 1.54. The molecule has 0 fully saturated rings. The number of aromatic nitrogens is 2. The molecule has 16 heavy (non-hydrogen) atoms. The van der Waals surface area contributed by atoms with E-state index in [-0.39, 0.29) is 11.6 Å². The second-order valence-electron chi connectivity index (χ2n) is 3.69. The first-order chi connectivity index (χ1) is 7.50. The molecule has 4 nitrogen and oxygen atoms in total. The van der Waals surface area contributed by atoms with Gasteiger partial charge in [0.05, 0.1) is 6.20 Å². The number of rotatable bonds is 1. The SMILES string of the molecule is Cc1cc(O)c(-c2cnn(C)c2N)cc1F. The lowest BCUT2D eigenvalue weighted by atomic mass is 10.0. The van der Waals surface area contributed by atoms with E-state index in [0.29, 0.717) is 22.5 Å². The topological polar surface area (TPSA) is 64.1 Å². The molecule has 1 heterocycles. The zero-order valence-electron chi connectivity index (χ0n) is 9.03. The third kappa shape index (κ3) is 1.50. The number of nitrogens with zero attached hydrogens (tertiary/aromatic N) is 2. The molecular formula is C11H12FN3O. The lowest BCUT2D eigenvalue weighted by molar-refractivity contribution is 0.474. The van der Waals surface area contributed by atoms with Crippen LogP contribution < -0.4 is 5.73 Å². The average molecular weight is 221 g/mol. The van der Waals surface area contributed by atoms with Gasteiger partial charge in [-0.2, -0.15) is 5.10 Å². The van der Waals surface area contributed by atoms with Gasteiger partial charge in [0.15, 0.2) is 0 Å². The molecule has 84 valence electrons. The molecule has 0 unspecified atom stereocenters. The summed E-state index contributed by atoms with van der Waals surface area (Å²) in [5.74, 6) is 0.00760. The largest absolute Gasteiger partial charge is 0.507 e. The number of halogens is 1. The van der Waals surface area contributed by atoms with Crippen molar-refractivity contribution in [3.8, 4) is 16.9 Å². The summed E-state index contributed by atoms with van der Waals surface area (Å²) < 4.78 is 14.9. The van der Waals surface area contributed by atoms with Gasteiger partial charge < -0.3 is 10.8 Å². The molecule has 0 bridgehead atoms. The highest BCUT2D eigenvalue weighted by atomic mass is 19.1. The highest BCUT2D eigenvalue weighted by molar-refractivity contribution is 5.78. The molecule has 0 radical (unpaired) electrons. The van der Waals surface area contributed by atoms with Crippen LogP contribution >= 0.6 is 0 Å². The van der Waals surface area contributed by atoms with Crippen LogP contribution in [0.1, 0.15) is 5.56 Å². The first-order valence-corrected chi connectivity index (χ1v) is 4.77. The lowest BCUT2D eigenvalue weighted by Gasteiger charge is -2.06. The summed E-state index contributed by atoms with van der Waals surface area (Å²) in [6, 6.07) is 2.63. The van der Waals surface area contributed by atoms with Gasteiger partial charge in [-0.3, -0.25) is 4.68 Å². The molecule has 0 amide bonds. The maximum Gasteiger partial charge on any atom is 0.129 e. The van der Waals surface area contributed by atoms with Crippen LogP contribution in [0.25, 0.3) is 11.1 Å². The fraction of sp³-hybridized carbons (Fsp3) is 0.182. The Labute approximate surface area is 92.1 Å². The number of anilines is 1. The Morgan fingerprint density at radius 1 is 1.38 bits per heavy atom. The summed E-state index contributed by atoms with van der Waals surface area (Å²) in [6.45, 7) is 1.59. The molecule has 0 spiro atoms. The van der Waals surface area contributed by atoms with Crippen LogP contribution in [-0.2, 0) is 7.05 Å². The zero-order chi connectivity index (χ0) is 11.9. The molecule has 1 aromatic carbocycles. The van der Waals surface area contributed by atoms with Crippen molar-refractivity contribution in [1.29, 1.82) is 0 Å². The number of nitrogen functional groups attached to an aromatic ring is 1. The Bertz CT molecular complexity index is 548. The normalized spacial score (nSPS) is 10.7. The Morgan fingerprint density at radius 3 is 2.62 bits per heavy atom. The van der Waals surface area contributed by atoms with Crippen molar-refractivity contribution in [3.63, 3.8) is 0 Å². The van der Waals surface area contributed by atoms with Crippen molar-refractivity contribution in [2.45, 2.75) is 6.92 Å². The van der Waals surface area contributed by atoms with Gasteiger partial charge in [0.1, 0.15) is 17.4 Å². The monoisotopic (exact) mass is 221 g/mol. The van der Waals surface area contributed by atoms with Crippen molar-refractivity contribution in [2.75, 3.05) is 5.73 Å². The average Bonchev–Trinajstić information content (AvgIpc) is 2.54. The van der Waals surface area contributed by atoms with E-state index in [1.54, 1.807) is 14.0 Å². The lowest BCUT2D eigenvalue weighted by Crippen LogP contribution is -1.98. The third-order valence-electron chi connectivity index (χ3n) is 2.55. The second kappa shape index (κ2) is 3.52. The Hall–Kier alpha value is -2.04. The van der Waals surface area contributed by atoms with Crippen molar-refractivity contribution in [1.82, 2.24) is 9.78 Å². The maximum atomic E-state index is 13.4. The predicted molar refractivity (Wildman–Crippen MR) is 59.4 cm³/mol. The quantitative estimate of drug-likeness (QED) is 0.772. The summed E-state index contributed by atoms with van der Waals surface area (Å²) in [6.07, 6.45) is 1.50. The van der Waals surface area contributed by atoms with Crippen molar-refractivity contribution in [3.05, 3.63) is 29.7 Å². The Morgan fingerprint density at radius 2 is 2.06 bits per heavy atom. The standard InChI is InChI=1S/C11H12FN3O/c1-6-3-10(16)7(4-9(6)12)8-5-14-15(2)11(8)13/h3-5,16H,13H2,1-2H3.